The lowest BCUT2D eigenvalue weighted by Crippen LogP contribution is -2.43. The Balaban J connectivity index is 1.23. The molecule has 3 aromatic rings. The van der Waals surface area contributed by atoms with Crippen molar-refractivity contribution in [2.75, 3.05) is 51.3 Å². The first kappa shape index (κ1) is 29.2. The van der Waals surface area contributed by atoms with Gasteiger partial charge in [0.15, 0.2) is 0 Å². The van der Waals surface area contributed by atoms with Crippen molar-refractivity contribution in [2.24, 2.45) is 5.92 Å². The fraction of sp³-hybridized carbons (Fsp3) is 0.471. The van der Waals surface area contributed by atoms with E-state index >= 15 is 0 Å². The number of aromatic nitrogens is 2. The fourth-order valence-electron chi connectivity index (χ4n) is 7.79. The number of rotatable bonds is 7. The summed E-state index contributed by atoms with van der Waals surface area (Å²) >= 11 is 6.52. The Morgan fingerprint density at radius 3 is 2.80 bits per heavy atom. The van der Waals surface area contributed by atoms with Crippen molar-refractivity contribution in [3.8, 4) is 6.01 Å². The number of carbonyl (C=O) groups excluding carboxylic acids is 1. The number of amides is 1. The molecule has 4 aliphatic heterocycles. The standard InChI is InChI=1S/C34H39ClFN6O2/c1-3-29(43)41-17-11-23(20-41)19-39(2)32-25-12-18-40(28-8-4-7-24-9-10-26(36)31(35)30(24)28)21-27(25)37-33(38-32)44-22-34-13-5-15-42(34)16-6-14-34/h3-4,7-10,19,23H,1,5-6,11-18,20-22H2,2H3/q+1. The number of anilines is 1. The minimum Gasteiger partial charge on any atom is -0.443 e. The third kappa shape index (κ3) is 5.24. The highest BCUT2D eigenvalue weighted by molar-refractivity contribution is 6.36. The predicted octanol–water partition coefficient (Wildman–Crippen LogP) is 5.37. The maximum Gasteiger partial charge on any atom is 0.434 e. The van der Waals surface area contributed by atoms with Gasteiger partial charge in [-0.1, -0.05) is 36.4 Å². The van der Waals surface area contributed by atoms with Gasteiger partial charge >= 0.3 is 11.8 Å². The van der Waals surface area contributed by atoms with Crippen LogP contribution in [-0.2, 0) is 17.8 Å². The van der Waals surface area contributed by atoms with Crippen LogP contribution < -0.4 is 9.64 Å². The molecule has 0 aliphatic carbocycles. The largest absolute Gasteiger partial charge is 0.443 e. The molecule has 0 N–H and O–H groups in total. The predicted molar refractivity (Wildman–Crippen MR) is 171 cm³/mol. The molecule has 0 saturated carbocycles. The Morgan fingerprint density at radius 2 is 2.00 bits per heavy atom. The van der Waals surface area contributed by atoms with E-state index in [9.17, 15) is 9.18 Å². The summed E-state index contributed by atoms with van der Waals surface area (Å²) in [6, 6.07) is 9.53. The van der Waals surface area contributed by atoms with Crippen LogP contribution in [-0.4, -0.2) is 88.4 Å². The number of ether oxygens (including phenoxy) is 1. The van der Waals surface area contributed by atoms with Crippen LogP contribution in [0.3, 0.4) is 0 Å². The molecular weight excluding hydrogens is 579 g/mol. The van der Waals surface area contributed by atoms with Gasteiger partial charge in [0.2, 0.25) is 5.91 Å². The summed E-state index contributed by atoms with van der Waals surface area (Å²) in [5, 5.41) is 1.76. The van der Waals surface area contributed by atoms with Gasteiger partial charge in [0, 0.05) is 48.0 Å². The SMILES string of the molecule is C=CC(=O)N1CCC(C=[N+](C)c2nc(OCC34CCCN3CCC4)nc3c2CCN(c2cccc4ccc(F)c(Cl)c24)C3)C1. The summed E-state index contributed by atoms with van der Waals surface area (Å²) in [4.78, 5) is 28.8. The van der Waals surface area contributed by atoms with Crippen molar-refractivity contribution in [3.05, 3.63) is 65.1 Å². The number of nitrogens with zero attached hydrogens (tertiary/aromatic N) is 6. The third-order valence-corrected chi connectivity index (χ3v) is 10.4. The van der Waals surface area contributed by atoms with Gasteiger partial charge in [-0.2, -0.15) is 4.98 Å². The number of carbonyl (C=O) groups is 1. The first-order valence-corrected chi connectivity index (χ1v) is 16.1. The molecule has 1 amide bonds. The van der Waals surface area contributed by atoms with Crippen molar-refractivity contribution in [1.82, 2.24) is 19.8 Å². The average Bonchev–Trinajstić information content (AvgIpc) is 3.77. The normalized spacial score (nSPS) is 21.5. The summed E-state index contributed by atoms with van der Waals surface area (Å²) in [5.74, 6) is 0.608. The van der Waals surface area contributed by atoms with Gasteiger partial charge in [-0.05, 0) is 68.8 Å². The number of benzene rings is 2. The second-order valence-corrected chi connectivity index (χ2v) is 13.0. The Hall–Kier alpha value is -3.56. The molecule has 7 rings (SSSR count). The van der Waals surface area contributed by atoms with E-state index in [1.807, 2.05) is 30.1 Å². The quantitative estimate of drug-likeness (QED) is 0.202. The lowest BCUT2D eigenvalue weighted by Gasteiger charge is -2.32. The smallest absolute Gasteiger partial charge is 0.434 e. The second-order valence-electron chi connectivity index (χ2n) is 12.7. The molecule has 1 unspecified atom stereocenters. The van der Waals surface area contributed by atoms with Crippen LogP contribution in [0.15, 0.2) is 43.0 Å². The van der Waals surface area contributed by atoms with E-state index < -0.39 is 5.82 Å². The van der Waals surface area contributed by atoms with Gasteiger partial charge in [0.05, 0.1) is 41.6 Å². The summed E-state index contributed by atoms with van der Waals surface area (Å²) in [7, 11) is 2.03. The molecule has 0 radical (unpaired) electrons. The van der Waals surface area contributed by atoms with Crippen molar-refractivity contribution in [2.45, 2.75) is 50.6 Å². The molecule has 44 heavy (non-hydrogen) atoms. The van der Waals surface area contributed by atoms with E-state index in [2.05, 4.69) is 27.2 Å². The summed E-state index contributed by atoms with van der Waals surface area (Å²) in [5.41, 5.74) is 2.97. The molecule has 5 heterocycles. The maximum absolute atomic E-state index is 14.6. The van der Waals surface area contributed by atoms with Gasteiger partial charge in [-0.15, -0.1) is 0 Å². The van der Waals surface area contributed by atoms with Gasteiger partial charge in [0.25, 0.3) is 0 Å². The van der Waals surface area contributed by atoms with E-state index in [4.69, 9.17) is 26.3 Å². The minimum atomic E-state index is -0.422. The van der Waals surface area contributed by atoms with E-state index in [0.717, 1.165) is 78.9 Å². The third-order valence-electron chi connectivity index (χ3n) is 10.0. The lowest BCUT2D eigenvalue weighted by atomic mass is 9.95. The highest BCUT2D eigenvalue weighted by Gasteiger charge is 2.45. The second kappa shape index (κ2) is 11.7. The van der Waals surface area contributed by atoms with Gasteiger partial charge < -0.3 is 14.5 Å². The van der Waals surface area contributed by atoms with Crippen molar-refractivity contribution >= 4 is 46.0 Å². The molecular formula is C34H39ClFN6O2+. The van der Waals surface area contributed by atoms with Crippen LogP contribution in [0, 0.1) is 11.7 Å². The van der Waals surface area contributed by atoms with Crippen LogP contribution in [0.4, 0.5) is 15.9 Å². The molecule has 4 aliphatic rings. The van der Waals surface area contributed by atoms with E-state index in [-0.39, 0.29) is 22.4 Å². The molecule has 10 heteroatoms. The summed E-state index contributed by atoms with van der Waals surface area (Å²) < 4.78 is 23.1. The first-order valence-electron chi connectivity index (χ1n) is 15.7. The number of likely N-dealkylation sites (tertiary alicyclic amines) is 1. The van der Waals surface area contributed by atoms with Crippen LogP contribution in [0.1, 0.15) is 43.4 Å². The zero-order valence-corrected chi connectivity index (χ0v) is 26.0. The summed E-state index contributed by atoms with van der Waals surface area (Å²) in [6.07, 6.45) is 9.87. The zero-order chi connectivity index (χ0) is 30.4. The monoisotopic (exact) mass is 617 g/mol. The lowest BCUT2D eigenvalue weighted by molar-refractivity contribution is -0.407. The number of hydrogen-bond donors (Lipinski definition) is 0. The fourth-order valence-corrected chi connectivity index (χ4v) is 8.06. The van der Waals surface area contributed by atoms with Crippen LogP contribution in [0.2, 0.25) is 5.02 Å². The maximum atomic E-state index is 14.6. The Kier molecular flexibility index (Phi) is 7.79. The number of halogens is 2. The van der Waals surface area contributed by atoms with E-state index in [0.29, 0.717) is 32.3 Å². The molecule has 0 spiro atoms. The molecule has 2 aromatic carbocycles. The topological polar surface area (TPSA) is 64.8 Å². The molecule has 1 aromatic heterocycles. The molecule has 1 atom stereocenters. The Labute approximate surface area is 262 Å². The van der Waals surface area contributed by atoms with Crippen LogP contribution >= 0.6 is 11.6 Å². The van der Waals surface area contributed by atoms with Crippen molar-refractivity contribution in [1.29, 1.82) is 0 Å². The van der Waals surface area contributed by atoms with E-state index in [1.54, 1.807) is 6.07 Å². The van der Waals surface area contributed by atoms with Crippen molar-refractivity contribution in [3.63, 3.8) is 0 Å². The first-order chi connectivity index (χ1) is 21.3. The summed E-state index contributed by atoms with van der Waals surface area (Å²) in [6.45, 7) is 9.12. The molecule has 0 bridgehead atoms. The van der Waals surface area contributed by atoms with Crippen LogP contribution in [0.25, 0.3) is 10.8 Å². The van der Waals surface area contributed by atoms with Gasteiger partial charge in [0.1, 0.15) is 12.4 Å². The van der Waals surface area contributed by atoms with Crippen LogP contribution in [0.5, 0.6) is 6.01 Å². The van der Waals surface area contributed by atoms with Crippen molar-refractivity contribution < 1.29 is 18.5 Å². The van der Waals surface area contributed by atoms with E-state index in [1.165, 1.54) is 25.0 Å². The molecule has 3 fully saturated rings. The molecule has 230 valence electrons. The number of fused-ring (bicyclic) bond motifs is 3. The molecule has 8 nitrogen and oxygen atoms in total. The number of hydrogen-bond acceptors (Lipinski definition) is 6. The Morgan fingerprint density at radius 1 is 1.18 bits per heavy atom. The zero-order valence-electron chi connectivity index (χ0n) is 25.3. The average molecular weight is 618 g/mol. The highest BCUT2D eigenvalue weighted by Crippen LogP contribution is 2.40. The van der Waals surface area contributed by atoms with Gasteiger partial charge in [-0.25, -0.2) is 8.97 Å². The van der Waals surface area contributed by atoms with Gasteiger partial charge in [-0.3, -0.25) is 9.69 Å². The molecule has 3 saturated heterocycles. The Bertz CT molecular complexity index is 1650. The highest BCUT2D eigenvalue weighted by atomic mass is 35.5. The minimum absolute atomic E-state index is 0.0283.